The van der Waals surface area contributed by atoms with Crippen LogP contribution in [0.25, 0.3) is 5.57 Å². The Balaban J connectivity index is 1.30. The molecule has 6 atom stereocenters. The van der Waals surface area contributed by atoms with Gasteiger partial charge in [-0.15, -0.1) is 0 Å². The summed E-state index contributed by atoms with van der Waals surface area (Å²) < 4.78 is 14.6. The molecule has 0 amide bonds. The lowest BCUT2D eigenvalue weighted by Gasteiger charge is -2.45. The largest absolute Gasteiger partial charge is 0.371 e. The molecule has 2 aromatic carbocycles. The lowest BCUT2D eigenvalue weighted by atomic mass is 9.68. The third-order valence-electron chi connectivity index (χ3n) is 11.6. The minimum atomic E-state index is -0.129. The van der Waals surface area contributed by atoms with E-state index < -0.39 is 0 Å². The van der Waals surface area contributed by atoms with Crippen LogP contribution in [0.15, 0.2) is 79.0 Å². The third-order valence-corrected chi connectivity index (χ3v) is 11.6. The second kappa shape index (κ2) is 14.6. The third kappa shape index (κ3) is 7.22. The summed E-state index contributed by atoms with van der Waals surface area (Å²) in [5.41, 5.74) is 6.50. The average molecular weight is 609 g/mol. The highest BCUT2D eigenvalue weighted by molar-refractivity contribution is 5.84. The molecule has 3 nitrogen and oxygen atoms in total. The molecule has 0 spiro atoms. The van der Waals surface area contributed by atoms with Gasteiger partial charge < -0.3 is 10.2 Å². The molecule has 1 aliphatic heterocycles. The molecule has 3 aliphatic carbocycles. The van der Waals surface area contributed by atoms with Gasteiger partial charge in [0.25, 0.3) is 0 Å². The van der Waals surface area contributed by atoms with Crippen molar-refractivity contribution in [1.82, 2.24) is 10.2 Å². The molecule has 4 aliphatic rings. The minimum absolute atomic E-state index is 0.126. The van der Waals surface area contributed by atoms with Crippen molar-refractivity contribution in [1.29, 1.82) is 0 Å². The number of halogens is 1. The standard InChI is InChI=1S/C41H53FN2O/c1-28(43-3)40(45)19-11-17-36(32-14-8-5-9-15-32)29(2)44-23-22-33-16-10-18-38(41(33)44)39-26-31(24-30-12-6-4-7-13-30)25-34-27-35(42)20-21-37(34)39/h4,6-7,11-13,17,20-21,26-28,31-33,36,38,41,43H,2,5,8-10,14-16,18-19,22-25H2,1,3H3/b17-11+/t28-,31?,33+,36+,38+,41-/m0/s1. The number of benzene rings is 2. The first kappa shape index (κ1) is 32.0. The van der Waals surface area contributed by atoms with Gasteiger partial charge in [0.05, 0.1) is 6.04 Å². The normalized spacial score (nSPS) is 26.6. The van der Waals surface area contributed by atoms with E-state index in [1.165, 1.54) is 85.7 Å². The highest BCUT2D eigenvalue weighted by Gasteiger charge is 2.45. The van der Waals surface area contributed by atoms with E-state index in [9.17, 15) is 9.18 Å². The zero-order valence-corrected chi connectivity index (χ0v) is 27.5. The van der Waals surface area contributed by atoms with E-state index in [1.807, 2.05) is 14.0 Å². The van der Waals surface area contributed by atoms with Gasteiger partial charge in [-0.25, -0.2) is 4.39 Å². The molecule has 240 valence electrons. The van der Waals surface area contributed by atoms with Crippen molar-refractivity contribution in [3.8, 4) is 0 Å². The Bertz CT molecular complexity index is 1390. The summed E-state index contributed by atoms with van der Waals surface area (Å²) in [5, 5.41) is 3.09. The van der Waals surface area contributed by atoms with Gasteiger partial charge in [0.15, 0.2) is 5.78 Å². The Labute approximate surface area is 271 Å². The van der Waals surface area contributed by atoms with Crippen molar-refractivity contribution in [3.63, 3.8) is 0 Å². The van der Waals surface area contributed by atoms with Gasteiger partial charge in [-0.05, 0) is 111 Å². The van der Waals surface area contributed by atoms with Crippen LogP contribution in [0.5, 0.6) is 0 Å². The van der Waals surface area contributed by atoms with Crippen LogP contribution in [-0.2, 0) is 17.6 Å². The second-order valence-corrected chi connectivity index (χ2v) is 14.4. The smallest absolute Gasteiger partial charge is 0.153 e. The van der Waals surface area contributed by atoms with Gasteiger partial charge in [0, 0.05) is 36.5 Å². The first-order chi connectivity index (χ1) is 21.9. The Kier molecular flexibility index (Phi) is 10.4. The average Bonchev–Trinajstić information content (AvgIpc) is 3.51. The fourth-order valence-electron chi connectivity index (χ4n) is 9.15. The number of allylic oxidation sites excluding steroid dienone is 3. The highest BCUT2D eigenvalue weighted by Crippen LogP contribution is 2.50. The number of rotatable bonds is 11. The summed E-state index contributed by atoms with van der Waals surface area (Å²) in [5.74, 6) is 2.42. The molecule has 0 aromatic heterocycles. The zero-order valence-electron chi connectivity index (χ0n) is 27.5. The molecule has 1 unspecified atom stereocenters. The van der Waals surface area contributed by atoms with Crippen LogP contribution in [0.3, 0.4) is 0 Å². The van der Waals surface area contributed by atoms with Crippen LogP contribution in [-0.4, -0.2) is 36.4 Å². The van der Waals surface area contributed by atoms with Gasteiger partial charge in [-0.2, -0.15) is 0 Å². The van der Waals surface area contributed by atoms with Crippen molar-refractivity contribution < 1.29 is 9.18 Å². The van der Waals surface area contributed by atoms with Gasteiger partial charge >= 0.3 is 0 Å². The van der Waals surface area contributed by atoms with Crippen LogP contribution in [0.1, 0.15) is 87.8 Å². The number of likely N-dealkylation sites (tertiary alicyclic amines) is 1. The Morgan fingerprint density at radius 1 is 1.04 bits per heavy atom. The Hall–Kier alpha value is -2.98. The molecule has 2 saturated carbocycles. The van der Waals surface area contributed by atoms with Crippen LogP contribution >= 0.6 is 0 Å². The monoisotopic (exact) mass is 608 g/mol. The van der Waals surface area contributed by atoms with E-state index in [-0.39, 0.29) is 23.6 Å². The number of carbonyl (C=O) groups is 1. The van der Waals surface area contributed by atoms with Crippen LogP contribution < -0.4 is 5.32 Å². The number of fused-ring (bicyclic) bond motifs is 2. The number of nitrogens with zero attached hydrogens (tertiary/aromatic N) is 1. The van der Waals surface area contributed by atoms with E-state index in [0.717, 1.165) is 19.4 Å². The number of ketones is 1. The van der Waals surface area contributed by atoms with Crippen molar-refractivity contribution in [3.05, 3.63) is 102 Å². The highest BCUT2D eigenvalue weighted by atomic mass is 19.1. The van der Waals surface area contributed by atoms with Crippen LogP contribution in [0.4, 0.5) is 4.39 Å². The molecule has 45 heavy (non-hydrogen) atoms. The summed E-state index contributed by atoms with van der Waals surface area (Å²) in [4.78, 5) is 15.4. The minimum Gasteiger partial charge on any atom is -0.371 e. The van der Waals surface area contributed by atoms with Gasteiger partial charge in [-0.3, -0.25) is 4.79 Å². The zero-order chi connectivity index (χ0) is 31.3. The maximum absolute atomic E-state index is 14.6. The molecule has 2 aromatic rings. The van der Waals surface area contributed by atoms with E-state index in [0.29, 0.717) is 36.1 Å². The number of nitrogens with one attached hydrogen (secondary N) is 1. The molecular weight excluding hydrogens is 555 g/mol. The molecular formula is C41H53FN2O. The van der Waals surface area contributed by atoms with E-state index in [1.54, 1.807) is 12.1 Å². The van der Waals surface area contributed by atoms with E-state index in [2.05, 4.69) is 64.8 Å². The lowest BCUT2D eigenvalue weighted by molar-refractivity contribution is -0.119. The summed E-state index contributed by atoms with van der Waals surface area (Å²) >= 11 is 0. The van der Waals surface area contributed by atoms with Crippen molar-refractivity contribution in [2.24, 2.45) is 29.6 Å². The summed E-state index contributed by atoms with van der Waals surface area (Å²) in [6.07, 6.45) is 20.7. The molecule has 4 heteroatoms. The fraction of sp³-hybridized carbons (Fsp3) is 0.537. The number of carbonyl (C=O) groups excluding carboxylic acids is 1. The molecule has 3 fully saturated rings. The van der Waals surface area contributed by atoms with Gasteiger partial charge in [0.2, 0.25) is 0 Å². The van der Waals surface area contributed by atoms with Gasteiger partial charge in [0.1, 0.15) is 5.82 Å². The molecule has 1 saturated heterocycles. The summed E-state index contributed by atoms with van der Waals surface area (Å²) in [6, 6.07) is 16.6. The molecule has 0 bridgehead atoms. The summed E-state index contributed by atoms with van der Waals surface area (Å²) in [7, 11) is 1.85. The number of likely N-dealkylation sites (N-methyl/N-ethyl adjacent to an activating group) is 1. The van der Waals surface area contributed by atoms with Crippen molar-refractivity contribution >= 4 is 11.4 Å². The topological polar surface area (TPSA) is 32.3 Å². The van der Waals surface area contributed by atoms with E-state index >= 15 is 0 Å². The fourth-order valence-corrected chi connectivity index (χ4v) is 9.15. The lowest BCUT2D eigenvalue weighted by Crippen LogP contribution is -2.43. The first-order valence-corrected chi connectivity index (χ1v) is 17.8. The number of Topliss-reactive ketones (excluding diaryl/α,β-unsaturated/α-hetero) is 1. The maximum Gasteiger partial charge on any atom is 0.153 e. The predicted molar refractivity (Wildman–Crippen MR) is 184 cm³/mol. The molecule has 6 rings (SSSR count). The maximum atomic E-state index is 14.6. The Morgan fingerprint density at radius 3 is 2.62 bits per heavy atom. The van der Waals surface area contributed by atoms with Gasteiger partial charge in [-0.1, -0.05) is 86.9 Å². The Morgan fingerprint density at radius 2 is 1.84 bits per heavy atom. The van der Waals surface area contributed by atoms with Crippen molar-refractivity contribution in [2.45, 2.75) is 96.1 Å². The first-order valence-electron chi connectivity index (χ1n) is 17.8. The van der Waals surface area contributed by atoms with Crippen LogP contribution in [0.2, 0.25) is 0 Å². The van der Waals surface area contributed by atoms with Crippen LogP contribution in [0, 0.1) is 35.4 Å². The predicted octanol–water partition coefficient (Wildman–Crippen LogP) is 8.95. The SMILES string of the molecule is C=C([C@@H](/C=C/CC(=O)[C@H](C)NC)C1CCCCC1)N1CC[C@H]2CCC[C@H](C3=CC(Cc4ccccc4)Cc4cc(F)ccc43)[C@H]21. The molecule has 1 heterocycles. The second-order valence-electron chi connectivity index (χ2n) is 14.4. The number of hydrogen-bond donors (Lipinski definition) is 1. The van der Waals surface area contributed by atoms with Crippen molar-refractivity contribution in [2.75, 3.05) is 13.6 Å². The quantitative estimate of drug-likeness (QED) is 0.259. The van der Waals surface area contributed by atoms with E-state index in [4.69, 9.17) is 6.58 Å². The summed E-state index contributed by atoms with van der Waals surface area (Å²) in [6.45, 7) is 7.87. The number of hydrogen-bond acceptors (Lipinski definition) is 3. The molecule has 1 N–H and O–H groups in total. The molecule has 0 radical (unpaired) electrons.